The Bertz CT molecular complexity index is 4080. The Balaban J connectivity index is 0.000000233. The Morgan fingerprint density at radius 1 is 0.694 bits per heavy atom. The molecule has 12 aromatic rings. The molecule has 7 heteroatoms. The van der Waals surface area contributed by atoms with E-state index in [-0.39, 0.29) is 31.4 Å². The van der Waals surface area contributed by atoms with E-state index in [1.165, 1.54) is 11.3 Å². The van der Waals surface area contributed by atoms with Crippen molar-refractivity contribution in [3.63, 3.8) is 0 Å². The second-order valence-corrected chi connectivity index (χ2v) is 24.0. The van der Waals surface area contributed by atoms with Crippen LogP contribution in [0.25, 0.3) is 94.5 Å². The van der Waals surface area contributed by atoms with Gasteiger partial charge in [0.2, 0.25) is 5.71 Å². The van der Waals surface area contributed by atoms with Gasteiger partial charge in [0.25, 0.3) is 0 Å². The smallest absolute Gasteiger partial charge is 0.216 e. The van der Waals surface area contributed by atoms with E-state index in [9.17, 15) is 0 Å². The summed E-state index contributed by atoms with van der Waals surface area (Å²) >= 11 is 0. The normalized spacial score (nSPS) is 13.3. The Hall–Kier alpha value is -7.54. The van der Waals surface area contributed by atoms with Gasteiger partial charge in [-0.25, -0.2) is 4.98 Å². The minimum absolute atomic E-state index is 0. The number of rotatable bonds is 9. The van der Waals surface area contributed by atoms with Gasteiger partial charge < -0.3 is 14.0 Å². The minimum atomic E-state index is -2.13. The van der Waals surface area contributed by atoms with Gasteiger partial charge >= 0.3 is 0 Å². The molecular formula is C65H54IrN4OSi-2. The molecule has 0 atom stereocenters. The van der Waals surface area contributed by atoms with Crippen LogP contribution in [-0.4, -0.2) is 27.6 Å². The Labute approximate surface area is 445 Å². The van der Waals surface area contributed by atoms with Crippen LogP contribution in [0.1, 0.15) is 50.4 Å². The largest absolute Gasteiger partial charge is 0.486 e. The first kappa shape index (κ1) is 41.1. The number of benzene rings is 8. The maximum absolute atomic E-state index is 8.97. The molecule has 0 amide bonds. The van der Waals surface area contributed by atoms with E-state index in [1.54, 1.807) is 30.3 Å². The average molecular weight is 1130 g/mol. The molecule has 0 aliphatic rings. The van der Waals surface area contributed by atoms with Crippen molar-refractivity contribution in [1.82, 2.24) is 19.5 Å². The third kappa shape index (κ3) is 9.39. The fourth-order valence-corrected chi connectivity index (χ4v) is 11.0. The third-order valence-corrected chi connectivity index (χ3v) is 14.9. The Kier molecular flexibility index (Phi) is 11.6. The topological polar surface area (TPSA) is 56.7 Å². The van der Waals surface area contributed by atoms with E-state index in [4.69, 9.17) is 22.6 Å². The van der Waals surface area contributed by atoms with Gasteiger partial charge in [-0.1, -0.05) is 202 Å². The summed E-state index contributed by atoms with van der Waals surface area (Å²) in [5.41, 5.74) is 12.3. The van der Waals surface area contributed by atoms with E-state index in [2.05, 4.69) is 144 Å². The molecule has 0 bridgehead atoms. The van der Waals surface area contributed by atoms with Crippen LogP contribution in [0.5, 0.6) is 0 Å². The zero-order chi connectivity index (χ0) is 53.9. The molecule has 12 rings (SSSR count). The van der Waals surface area contributed by atoms with Crippen molar-refractivity contribution in [2.75, 3.05) is 0 Å². The van der Waals surface area contributed by atoms with Crippen LogP contribution in [0.4, 0.5) is 0 Å². The number of pyridine rings is 2. The number of hydrogen-bond donors (Lipinski definition) is 0. The molecule has 0 unspecified atom stereocenters. The molecule has 355 valence electrons. The van der Waals surface area contributed by atoms with E-state index in [0.717, 1.165) is 77.3 Å². The summed E-state index contributed by atoms with van der Waals surface area (Å²) in [6, 6.07) is 70.0. The van der Waals surface area contributed by atoms with Gasteiger partial charge in [-0.2, -0.15) is 0 Å². The maximum atomic E-state index is 8.97. The zero-order valence-electron chi connectivity index (χ0n) is 46.6. The SMILES string of the molecule is [2H]C([2H])([2H])c1c[c-]c(-c2cc(C([2H])(C)C)c([Si](C)(C)C)cn2)cc1.[2H]C([2H])(c1ccccc1)c1ccc2c(n1)oc1c(-c3nc4c5ccccc5ccc4n3-c3c(-c4ccccc4)cccc3-c3ccccc3)[c-]ccc12.[Ir]. The van der Waals surface area contributed by atoms with Gasteiger partial charge in [0.05, 0.1) is 36.2 Å². The summed E-state index contributed by atoms with van der Waals surface area (Å²) in [6.45, 7) is 8.38. The fourth-order valence-electron chi connectivity index (χ4n) is 9.42. The summed E-state index contributed by atoms with van der Waals surface area (Å²) < 4.78 is 57.6. The summed E-state index contributed by atoms with van der Waals surface area (Å²) in [6.07, 6.45) is 0.0755. The summed E-state index contributed by atoms with van der Waals surface area (Å²) in [5, 5.41) is 4.99. The molecule has 0 fully saturated rings. The monoisotopic (exact) mass is 1130 g/mol. The van der Waals surface area contributed by atoms with Crippen molar-refractivity contribution in [2.45, 2.75) is 52.6 Å². The summed E-state index contributed by atoms with van der Waals surface area (Å²) in [4.78, 5) is 14.8. The van der Waals surface area contributed by atoms with Gasteiger partial charge in [0.15, 0.2) is 0 Å². The molecule has 8 aromatic carbocycles. The Morgan fingerprint density at radius 2 is 1.39 bits per heavy atom. The van der Waals surface area contributed by atoms with Crippen molar-refractivity contribution in [2.24, 2.45) is 0 Å². The quantitative estimate of drug-likeness (QED) is 0.107. The first-order chi connectivity index (χ1) is 36.9. The van der Waals surface area contributed by atoms with Gasteiger partial charge in [-0.15, -0.1) is 53.6 Å². The zero-order valence-corrected chi connectivity index (χ0v) is 44.0. The maximum Gasteiger partial charge on any atom is 0.216 e. The van der Waals surface area contributed by atoms with Gasteiger partial charge in [0.1, 0.15) is 0 Å². The van der Waals surface area contributed by atoms with Crippen LogP contribution in [0.15, 0.2) is 205 Å². The molecule has 0 N–H and O–H groups in total. The minimum Gasteiger partial charge on any atom is -0.486 e. The summed E-state index contributed by atoms with van der Waals surface area (Å²) in [5.74, 6) is -0.0345. The van der Waals surface area contributed by atoms with Crippen molar-refractivity contribution >= 4 is 57.1 Å². The molecular weight excluding hydrogens is 1070 g/mol. The first-order valence-corrected chi connectivity index (χ1v) is 27.3. The number of imidazole rings is 1. The van der Waals surface area contributed by atoms with E-state index in [1.807, 2.05) is 74.6 Å². The van der Waals surface area contributed by atoms with Crippen LogP contribution in [0.3, 0.4) is 0 Å². The Morgan fingerprint density at radius 3 is 2.06 bits per heavy atom. The molecule has 0 saturated carbocycles. The molecule has 0 spiro atoms. The number of aryl methyl sites for hydroxylation is 1. The van der Waals surface area contributed by atoms with E-state index >= 15 is 0 Å². The molecule has 4 aromatic heterocycles. The van der Waals surface area contributed by atoms with Crippen LogP contribution < -0.4 is 5.19 Å². The number of nitrogens with zero attached hydrogens (tertiary/aromatic N) is 4. The van der Waals surface area contributed by atoms with Gasteiger partial charge in [-0.3, -0.25) is 4.98 Å². The summed E-state index contributed by atoms with van der Waals surface area (Å²) in [7, 11) is -1.61. The molecule has 0 aliphatic carbocycles. The van der Waals surface area contributed by atoms with E-state index < -0.39 is 27.2 Å². The molecule has 0 aliphatic heterocycles. The number of fused-ring (bicyclic) bond motifs is 6. The standard InChI is InChI=1S/C47H30N3O.C18H24NSi.Ir/c1-4-14-31(15-5-1)30-35-27-28-40-39-24-13-25-41(45(39)51-47(40)48-35)46-49-43-36-21-11-10-20-34(36)26-29-42(43)50(46)44-37(32-16-6-2-7-17-32)22-12-23-38(44)33-18-8-3-9-19-33;1-13(2)16-11-17(15-9-7-14(3)8-10-15)19-12-18(16)20(4,5)6;/h1-24,26-29H,30H2;7-9,11-13H,1-6H3;/q2*-1;/i30D2;3D3,13D;. The van der Waals surface area contributed by atoms with E-state index in [0.29, 0.717) is 28.2 Å². The van der Waals surface area contributed by atoms with Crippen molar-refractivity contribution in [3.8, 4) is 50.6 Å². The molecule has 5 nitrogen and oxygen atoms in total. The molecule has 72 heavy (non-hydrogen) atoms. The average Bonchev–Trinajstić information content (AvgIpc) is 4.01. The number of para-hydroxylation sites is 1. The van der Waals surface area contributed by atoms with Crippen LogP contribution in [0.2, 0.25) is 19.6 Å². The van der Waals surface area contributed by atoms with Crippen LogP contribution in [0, 0.1) is 19.0 Å². The van der Waals surface area contributed by atoms with Crippen molar-refractivity contribution in [1.29, 1.82) is 0 Å². The second kappa shape index (κ2) is 20.3. The second-order valence-electron chi connectivity index (χ2n) is 19.0. The number of furan rings is 1. The molecule has 0 saturated heterocycles. The first-order valence-electron chi connectivity index (χ1n) is 26.8. The molecule has 4 heterocycles. The number of hydrogen-bond acceptors (Lipinski definition) is 4. The third-order valence-electron chi connectivity index (χ3n) is 12.9. The van der Waals surface area contributed by atoms with Crippen LogP contribution >= 0.6 is 0 Å². The van der Waals surface area contributed by atoms with Gasteiger partial charge in [-0.05, 0) is 57.1 Å². The van der Waals surface area contributed by atoms with Crippen molar-refractivity contribution in [3.05, 3.63) is 235 Å². The van der Waals surface area contributed by atoms with Crippen LogP contribution in [-0.2, 0) is 26.5 Å². The van der Waals surface area contributed by atoms with Crippen molar-refractivity contribution < 1.29 is 32.7 Å². The molecule has 1 radical (unpaired) electrons. The predicted octanol–water partition coefficient (Wildman–Crippen LogP) is 16.4. The number of aromatic nitrogens is 4. The predicted molar refractivity (Wildman–Crippen MR) is 298 cm³/mol. The fraction of sp³-hybridized carbons (Fsp3) is 0.123. The van der Waals surface area contributed by atoms with Gasteiger partial charge in [0, 0.05) is 68.5 Å².